The molecule has 0 fully saturated rings. The average molecular weight is 290 g/mol. The third-order valence-electron chi connectivity index (χ3n) is 3.21. The molecule has 0 atom stereocenters. The van der Waals surface area contributed by atoms with E-state index in [9.17, 15) is 9.59 Å². The molecular weight excluding hydrogens is 276 g/mol. The first-order chi connectivity index (χ1) is 9.61. The molecule has 5 N–H and O–H groups in total. The lowest BCUT2D eigenvalue weighted by Gasteiger charge is -2.19. The molecule has 1 aromatic carbocycles. The molecule has 20 heavy (non-hydrogen) atoms. The number of carbonyl (C=O) groups excluding carboxylic acids is 1. The first-order valence-corrected chi connectivity index (χ1v) is 7.12. The van der Waals surface area contributed by atoms with Gasteiger partial charge in [0.25, 0.3) is 0 Å². The Morgan fingerprint density at radius 2 is 2.15 bits per heavy atom. The third-order valence-corrected chi connectivity index (χ3v) is 3.93. The highest BCUT2D eigenvalue weighted by Gasteiger charge is 2.16. The van der Waals surface area contributed by atoms with Crippen LogP contribution in [0.15, 0.2) is 22.3 Å². The molecule has 0 spiro atoms. The summed E-state index contributed by atoms with van der Waals surface area (Å²) >= 11 is 1.13. The summed E-state index contributed by atoms with van der Waals surface area (Å²) in [5.41, 5.74) is 10.1. The molecule has 0 bridgehead atoms. The summed E-state index contributed by atoms with van der Waals surface area (Å²) in [4.78, 5) is 25.1. The molecule has 3 rings (SSSR count). The number of carbonyl (C=O) groups is 1. The topological polar surface area (TPSA) is 100 Å². The lowest BCUT2D eigenvalue weighted by atomic mass is 10.0. The highest BCUT2D eigenvalue weighted by atomic mass is 32.1. The van der Waals surface area contributed by atoms with Crippen molar-refractivity contribution in [2.45, 2.75) is 19.4 Å². The number of rotatable bonds is 3. The van der Waals surface area contributed by atoms with E-state index in [1.165, 1.54) is 0 Å². The Morgan fingerprint density at radius 1 is 1.30 bits per heavy atom. The van der Waals surface area contributed by atoms with Crippen LogP contribution in [0.2, 0.25) is 0 Å². The molecule has 104 valence electrons. The number of hydrogen-bond acceptors (Lipinski definition) is 5. The smallest absolute Gasteiger partial charge is 0.304 e. The molecule has 1 aliphatic heterocycles. The van der Waals surface area contributed by atoms with E-state index in [1.54, 1.807) is 5.38 Å². The van der Waals surface area contributed by atoms with Crippen LogP contribution < -0.4 is 21.2 Å². The van der Waals surface area contributed by atoms with E-state index in [0.717, 1.165) is 34.0 Å². The molecule has 0 aliphatic carbocycles. The van der Waals surface area contributed by atoms with Crippen molar-refractivity contribution in [3.05, 3.63) is 38.4 Å². The maximum absolute atomic E-state index is 11.4. The van der Waals surface area contributed by atoms with Gasteiger partial charge in [0.2, 0.25) is 5.91 Å². The van der Waals surface area contributed by atoms with Gasteiger partial charge in [0.15, 0.2) is 0 Å². The maximum atomic E-state index is 11.4. The number of fused-ring (bicyclic) bond motifs is 1. The number of nitrogens with two attached hydrogens (primary N) is 1. The molecule has 2 heterocycles. The van der Waals surface area contributed by atoms with Crippen molar-refractivity contribution in [1.29, 1.82) is 0 Å². The molecule has 0 saturated carbocycles. The van der Waals surface area contributed by atoms with Crippen LogP contribution in [0.25, 0.3) is 0 Å². The van der Waals surface area contributed by atoms with Crippen LogP contribution in [0.1, 0.15) is 17.7 Å². The standard InChI is InChI=1S/C13H14N4O2S/c14-9-3-7-1-2-12(18)17-10(7)4-11(9)15-5-8-6-20-13(19)16-8/h3-4,6,15H,1-2,5,14H2,(H,16,19)(H,17,18). The van der Waals surface area contributed by atoms with Gasteiger partial charge >= 0.3 is 4.87 Å². The van der Waals surface area contributed by atoms with Gasteiger partial charge in [-0.2, -0.15) is 0 Å². The van der Waals surface area contributed by atoms with E-state index >= 15 is 0 Å². The van der Waals surface area contributed by atoms with Crippen LogP contribution in [0.5, 0.6) is 0 Å². The predicted molar refractivity (Wildman–Crippen MR) is 80.1 cm³/mol. The predicted octanol–water partition coefficient (Wildman–Crippen LogP) is 1.52. The molecule has 1 amide bonds. The Hall–Kier alpha value is -2.28. The molecule has 2 aromatic rings. The van der Waals surface area contributed by atoms with Crippen LogP contribution in [-0.4, -0.2) is 10.9 Å². The number of anilines is 3. The second kappa shape index (κ2) is 5.01. The van der Waals surface area contributed by atoms with Crippen LogP contribution in [0.4, 0.5) is 17.1 Å². The van der Waals surface area contributed by atoms with E-state index in [-0.39, 0.29) is 10.8 Å². The Bertz CT molecular complexity index is 719. The fraction of sp³-hybridized carbons (Fsp3) is 0.231. The molecule has 1 aromatic heterocycles. The van der Waals surface area contributed by atoms with Crippen molar-refractivity contribution in [2.24, 2.45) is 0 Å². The summed E-state index contributed by atoms with van der Waals surface area (Å²) in [6.07, 6.45) is 1.21. The molecule has 1 aliphatic rings. The van der Waals surface area contributed by atoms with Gasteiger partial charge in [0, 0.05) is 23.2 Å². The van der Waals surface area contributed by atoms with Crippen LogP contribution in [0.3, 0.4) is 0 Å². The van der Waals surface area contributed by atoms with Gasteiger partial charge in [0.05, 0.1) is 17.9 Å². The van der Waals surface area contributed by atoms with E-state index in [1.807, 2.05) is 12.1 Å². The minimum absolute atomic E-state index is 0.0235. The van der Waals surface area contributed by atoms with Crippen molar-refractivity contribution < 1.29 is 4.79 Å². The number of nitrogens with one attached hydrogen (secondary N) is 3. The largest absolute Gasteiger partial charge is 0.397 e. The summed E-state index contributed by atoms with van der Waals surface area (Å²) in [6, 6.07) is 3.72. The minimum atomic E-state index is -0.0764. The van der Waals surface area contributed by atoms with Gasteiger partial charge in [-0.25, -0.2) is 0 Å². The summed E-state index contributed by atoms with van der Waals surface area (Å²) < 4.78 is 0. The van der Waals surface area contributed by atoms with Gasteiger partial charge in [0.1, 0.15) is 0 Å². The second-order valence-electron chi connectivity index (χ2n) is 4.67. The van der Waals surface area contributed by atoms with Gasteiger partial charge in [-0.05, 0) is 24.1 Å². The summed E-state index contributed by atoms with van der Waals surface area (Å²) in [7, 11) is 0. The van der Waals surface area contributed by atoms with Gasteiger partial charge in [-0.1, -0.05) is 11.3 Å². The van der Waals surface area contributed by atoms with Crippen molar-refractivity contribution >= 4 is 34.3 Å². The number of nitrogen functional groups attached to an aromatic ring is 1. The van der Waals surface area contributed by atoms with Crippen molar-refractivity contribution in [2.75, 3.05) is 16.4 Å². The molecule has 7 heteroatoms. The Labute approximate surface area is 119 Å². The van der Waals surface area contributed by atoms with Gasteiger partial charge < -0.3 is 21.4 Å². The minimum Gasteiger partial charge on any atom is -0.397 e. The lowest BCUT2D eigenvalue weighted by molar-refractivity contribution is -0.116. The summed E-state index contributed by atoms with van der Waals surface area (Å²) in [5.74, 6) is 0.0235. The normalized spacial score (nSPS) is 13.7. The number of aromatic nitrogens is 1. The van der Waals surface area contributed by atoms with Crippen LogP contribution in [0, 0.1) is 0 Å². The van der Waals surface area contributed by atoms with E-state index in [4.69, 9.17) is 5.73 Å². The number of benzene rings is 1. The lowest BCUT2D eigenvalue weighted by Crippen LogP contribution is -2.19. The number of aromatic amines is 1. The quantitative estimate of drug-likeness (QED) is 0.644. The highest BCUT2D eigenvalue weighted by molar-refractivity contribution is 7.07. The van der Waals surface area contributed by atoms with E-state index in [2.05, 4.69) is 15.6 Å². The Kier molecular flexibility index (Phi) is 3.19. The zero-order chi connectivity index (χ0) is 14.1. The fourth-order valence-electron chi connectivity index (χ4n) is 2.19. The Balaban J connectivity index is 1.81. The van der Waals surface area contributed by atoms with Gasteiger partial charge in [-0.3, -0.25) is 9.59 Å². The molecular formula is C13H14N4O2S. The average Bonchev–Trinajstić information content (AvgIpc) is 2.83. The van der Waals surface area contributed by atoms with Crippen LogP contribution in [-0.2, 0) is 17.8 Å². The second-order valence-corrected chi connectivity index (χ2v) is 5.51. The zero-order valence-corrected chi connectivity index (χ0v) is 11.5. The molecule has 0 saturated heterocycles. The number of thiazole rings is 1. The van der Waals surface area contributed by atoms with Crippen molar-refractivity contribution in [3.63, 3.8) is 0 Å². The SMILES string of the molecule is Nc1cc2c(cc1NCc1csc(=O)[nH]1)NC(=O)CC2. The summed E-state index contributed by atoms with van der Waals surface area (Å²) in [6.45, 7) is 0.482. The first kappa shape index (κ1) is 12.7. The highest BCUT2D eigenvalue weighted by Crippen LogP contribution is 2.31. The van der Waals surface area contributed by atoms with E-state index < -0.39 is 0 Å². The molecule has 6 nitrogen and oxygen atoms in total. The van der Waals surface area contributed by atoms with Gasteiger partial charge in [-0.15, -0.1) is 0 Å². The number of H-pyrrole nitrogens is 1. The van der Waals surface area contributed by atoms with E-state index in [0.29, 0.717) is 25.1 Å². The monoisotopic (exact) mass is 290 g/mol. The fourth-order valence-corrected chi connectivity index (χ4v) is 2.77. The number of hydrogen-bond donors (Lipinski definition) is 4. The summed E-state index contributed by atoms with van der Waals surface area (Å²) in [5, 5.41) is 7.78. The third kappa shape index (κ3) is 2.53. The Morgan fingerprint density at radius 3 is 2.90 bits per heavy atom. The van der Waals surface area contributed by atoms with Crippen molar-refractivity contribution in [3.8, 4) is 0 Å². The first-order valence-electron chi connectivity index (χ1n) is 6.24. The number of aryl methyl sites for hydroxylation is 1. The number of amides is 1. The van der Waals surface area contributed by atoms with Crippen LogP contribution >= 0.6 is 11.3 Å². The maximum Gasteiger partial charge on any atom is 0.304 e. The molecule has 0 radical (unpaired) electrons. The molecule has 0 unspecified atom stereocenters. The zero-order valence-electron chi connectivity index (χ0n) is 10.7. The van der Waals surface area contributed by atoms with Crippen molar-refractivity contribution in [1.82, 2.24) is 4.98 Å².